The van der Waals surface area contributed by atoms with Crippen molar-refractivity contribution in [2.75, 3.05) is 5.32 Å². The number of hydrogen-bond acceptors (Lipinski definition) is 3. The number of anilines is 1. The molecule has 2 amide bonds. The molecule has 160 valence electrons. The zero-order chi connectivity index (χ0) is 22.8. The molecule has 3 aromatic rings. The molecule has 0 aromatic heterocycles. The molecule has 7 heteroatoms. The highest BCUT2D eigenvalue weighted by molar-refractivity contribution is 6.05. The van der Waals surface area contributed by atoms with E-state index in [2.05, 4.69) is 5.32 Å². The molecule has 31 heavy (non-hydrogen) atoms. The molecule has 0 aliphatic heterocycles. The summed E-state index contributed by atoms with van der Waals surface area (Å²) >= 11 is 0. The number of amidine groups is 1. The lowest BCUT2D eigenvalue weighted by molar-refractivity contribution is 0.0953. The van der Waals surface area contributed by atoms with E-state index >= 15 is 0 Å². The van der Waals surface area contributed by atoms with E-state index in [0.29, 0.717) is 16.8 Å². The van der Waals surface area contributed by atoms with Crippen LogP contribution in [0.5, 0.6) is 0 Å². The number of rotatable bonds is 5. The van der Waals surface area contributed by atoms with Gasteiger partial charge in [0.05, 0.1) is 0 Å². The minimum absolute atomic E-state index is 0.0108. The van der Waals surface area contributed by atoms with Gasteiger partial charge in [-0.1, -0.05) is 30.3 Å². The summed E-state index contributed by atoms with van der Waals surface area (Å²) in [6, 6.07) is 17.9. The van der Waals surface area contributed by atoms with Crippen LogP contribution < -0.4 is 11.1 Å². The molecular weight excluding hydrogens is 392 g/mol. The molecule has 0 saturated carbocycles. The SMILES string of the molecule is CC(C)(C)N(Cc1ccc(C(=O)Nc2ccc3cc(C(=N)N)ccc3c2)cc1)C(=O)O. The molecule has 3 rings (SSSR count). The smallest absolute Gasteiger partial charge is 0.408 e. The summed E-state index contributed by atoms with van der Waals surface area (Å²) in [4.78, 5) is 25.5. The minimum Gasteiger partial charge on any atom is -0.465 e. The van der Waals surface area contributed by atoms with Gasteiger partial charge in [0, 0.05) is 28.9 Å². The van der Waals surface area contributed by atoms with Crippen LogP contribution in [-0.2, 0) is 6.54 Å². The van der Waals surface area contributed by atoms with E-state index in [1.54, 1.807) is 36.4 Å². The Morgan fingerprint density at radius 3 is 2.13 bits per heavy atom. The number of nitrogens with two attached hydrogens (primary N) is 1. The highest BCUT2D eigenvalue weighted by atomic mass is 16.4. The van der Waals surface area contributed by atoms with Crippen molar-refractivity contribution < 1.29 is 14.7 Å². The van der Waals surface area contributed by atoms with Crippen LogP contribution in [0.25, 0.3) is 10.8 Å². The van der Waals surface area contributed by atoms with Gasteiger partial charge in [0.25, 0.3) is 5.91 Å². The van der Waals surface area contributed by atoms with Crippen LogP contribution in [0.15, 0.2) is 60.7 Å². The van der Waals surface area contributed by atoms with E-state index in [0.717, 1.165) is 16.3 Å². The predicted octanol–water partition coefficient (Wildman–Crippen LogP) is 4.65. The fraction of sp³-hybridized carbons (Fsp3) is 0.208. The normalized spacial score (nSPS) is 11.2. The number of nitrogens with zero attached hydrogens (tertiary/aromatic N) is 1. The molecule has 0 aliphatic rings. The Morgan fingerprint density at radius 1 is 0.968 bits per heavy atom. The Kier molecular flexibility index (Phi) is 5.97. The number of carbonyl (C=O) groups excluding carboxylic acids is 1. The van der Waals surface area contributed by atoms with Crippen LogP contribution in [0.4, 0.5) is 10.5 Å². The molecule has 3 aromatic carbocycles. The molecule has 0 atom stereocenters. The summed E-state index contributed by atoms with van der Waals surface area (Å²) in [7, 11) is 0. The molecule has 0 radical (unpaired) electrons. The largest absolute Gasteiger partial charge is 0.465 e. The molecule has 0 saturated heterocycles. The number of nitrogen functional groups attached to an aromatic ring is 1. The number of amides is 2. The van der Waals surface area contributed by atoms with Crippen LogP contribution in [0, 0.1) is 5.41 Å². The maximum atomic E-state index is 12.6. The Hall–Kier alpha value is -3.87. The monoisotopic (exact) mass is 418 g/mol. The van der Waals surface area contributed by atoms with Crippen LogP contribution in [-0.4, -0.2) is 33.4 Å². The van der Waals surface area contributed by atoms with Gasteiger partial charge >= 0.3 is 6.09 Å². The molecule has 7 nitrogen and oxygen atoms in total. The van der Waals surface area contributed by atoms with Gasteiger partial charge in [-0.05, 0) is 67.4 Å². The second kappa shape index (κ2) is 8.47. The summed E-state index contributed by atoms with van der Waals surface area (Å²) in [5.74, 6) is -0.242. The van der Waals surface area contributed by atoms with Gasteiger partial charge < -0.3 is 16.2 Å². The van der Waals surface area contributed by atoms with Gasteiger partial charge in [-0.2, -0.15) is 0 Å². The van der Waals surface area contributed by atoms with Crippen LogP contribution in [0.2, 0.25) is 0 Å². The number of nitrogens with one attached hydrogen (secondary N) is 2. The molecule has 0 fully saturated rings. The van der Waals surface area contributed by atoms with Gasteiger partial charge in [0.15, 0.2) is 0 Å². The van der Waals surface area contributed by atoms with Crippen molar-refractivity contribution in [2.24, 2.45) is 5.73 Å². The van der Waals surface area contributed by atoms with Crippen LogP contribution in [0.3, 0.4) is 0 Å². The van der Waals surface area contributed by atoms with Crippen molar-refractivity contribution in [1.29, 1.82) is 5.41 Å². The third-order valence-electron chi connectivity index (χ3n) is 5.01. The van der Waals surface area contributed by atoms with E-state index < -0.39 is 11.6 Å². The van der Waals surface area contributed by atoms with Crippen molar-refractivity contribution in [3.05, 3.63) is 77.4 Å². The number of carboxylic acid groups (broad SMARTS) is 1. The number of hydrogen-bond donors (Lipinski definition) is 4. The number of fused-ring (bicyclic) bond motifs is 1. The summed E-state index contributed by atoms with van der Waals surface area (Å²) < 4.78 is 0. The van der Waals surface area contributed by atoms with E-state index in [1.165, 1.54) is 4.90 Å². The lowest BCUT2D eigenvalue weighted by Crippen LogP contribution is -2.44. The first-order valence-electron chi connectivity index (χ1n) is 9.83. The van der Waals surface area contributed by atoms with Gasteiger partial charge in [-0.3, -0.25) is 15.1 Å². The fourth-order valence-electron chi connectivity index (χ4n) is 3.23. The van der Waals surface area contributed by atoms with E-state index in [9.17, 15) is 14.7 Å². The van der Waals surface area contributed by atoms with E-state index in [4.69, 9.17) is 11.1 Å². The third kappa shape index (κ3) is 5.19. The zero-order valence-electron chi connectivity index (χ0n) is 17.8. The first kappa shape index (κ1) is 21.8. The molecule has 0 bridgehead atoms. The zero-order valence-corrected chi connectivity index (χ0v) is 17.8. The van der Waals surface area contributed by atoms with Crippen LogP contribution in [0.1, 0.15) is 42.3 Å². The Labute approximate surface area is 181 Å². The molecule has 0 heterocycles. The second-order valence-electron chi connectivity index (χ2n) is 8.38. The summed E-state index contributed by atoms with van der Waals surface area (Å²) in [6.07, 6.45) is -0.985. The highest BCUT2D eigenvalue weighted by Gasteiger charge is 2.26. The van der Waals surface area contributed by atoms with Crippen molar-refractivity contribution in [2.45, 2.75) is 32.9 Å². The standard InChI is InChI=1S/C24H26N4O3/c1-24(2,3)28(23(30)31)14-15-4-6-16(7-5-15)22(29)27-20-11-10-17-12-19(21(25)26)9-8-18(17)13-20/h4-13H,14H2,1-3H3,(H3,25,26)(H,27,29)(H,30,31). The Morgan fingerprint density at radius 2 is 1.55 bits per heavy atom. The van der Waals surface area contributed by atoms with E-state index in [-0.39, 0.29) is 18.3 Å². The summed E-state index contributed by atoms with van der Waals surface area (Å²) in [5.41, 5.74) is 7.60. The maximum Gasteiger partial charge on any atom is 0.408 e. The highest BCUT2D eigenvalue weighted by Crippen LogP contribution is 2.22. The fourth-order valence-corrected chi connectivity index (χ4v) is 3.23. The lowest BCUT2D eigenvalue weighted by atomic mass is 10.0. The summed E-state index contributed by atoms with van der Waals surface area (Å²) in [6.45, 7) is 5.77. The van der Waals surface area contributed by atoms with Crippen molar-refractivity contribution in [3.8, 4) is 0 Å². The quantitative estimate of drug-likeness (QED) is 0.356. The van der Waals surface area contributed by atoms with E-state index in [1.807, 2.05) is 45.0 Å². The average molecular weight is 418 g/mol. The van der Waals surface area contributed by atoms with Gasteiger partial charge in [0.2, 0.25) is 0 Å². The first-order chi connectivity index (χ1) is 14.5. The Balaban J connectivity index is 1.72. The Bertz CT molecular complexity index is 1150. The number of carbonyl (C=O) groups is 2. The minimum atomic E-state index is -0.985. The second-order valence-corrected chi connectivity index (χ2v) is 8.38. The number of benzene rings is 3. The van der Waals surface area contributed by atoms with Gasteiger partial charge in [-0.15, -0.1) is 0 Å². The van der Waals surface area contributed by atoms with Crippen molar-refractivity contribution in [1.82, 2.24) is 4.90 Å². The van der Waals surface area contributed by atoms with Gasteiger partial charge in [0.1, 0.15) is 5.84 Å². The summed E-state index contributed by atoms with van der Waals surface area (Å²) in [5, 5.41) is 21.7. The van der Waals surface area contributed by atoms with Gasteiger partial charge in [-0.25, -0.2) is 4.79 Å². The molecule has 0 unspecified atom stereocenters. The third-order valence-corrected chi connectivity index (χ3v) is 5.01. The predicted molar refractivity (Wildman–Crippen MR) is 123 cm³/mol. The van der Waals surface area contributed by atoms with Crippen molar-refractivity contribution >= 4 is 34.3 Å². The molecule has 0 spiro atoms. The topological polar surface area (TPSA) is 120 Å². The first-order valence-corrected chi connectivity index (χ1v) is 9.83. The molecule has 5 N–H and O–H groups in total. The van der Waals surface area contributed by atoms with Crippen molar-refractivity contribution in [3.63, 3.8) is 0 Å². The lowest BCUT2D eigenvalue weighted by Gasteiger charge is -2.33. The molecule has 0 aliphatic carbocycles. The van der Waals surface area contributed by atoms with Crippen LogP contribution >= 0.6 is 0 Å². The maximum absolute atomic E-state index is 12.6. The average Bonchev–Trinajstić information content (AvgIpc) is 2.70. The molecular formula is C24H26N4O3.